The highest BCUT2D eigenvalue weighted by Gasteiger charge is 2.10. The van der Waals surface area contributed by atoms with Crippen molar-refractivity contribution < 1.29 is 9.47 Å². The molecular weight excluding hydrogens is 226 g/mol. The van der Waals surface area contributed by atoms with Crippen LogP contribution in [0.1, 0.15) is 39.0 Å². The Kier molecular flexibility index (Phi) is 5.18. The highest BCUT2D eigenvalue weighted by molar-refractivity contribution is 5.54. The van der Waals surface area contributed by atoms with E-state index < -0.39 is 0 Å². The Balaban J connectivity index is 1.84. The molecule has 1 aliphatic rings. The molecule has 3 heteroatoms. The van der Waals surface area contributed by atoms with Crippen molar-refractivity contribution in [2.24, 2.45) is 0 Å². The number of rotatable bonds is 6. The highest BCUT2D eigenvalue weighted by atomic mass is 16.5. The molecule has 1 aromatic carbocycles. The van der Waals surface area contributed by atoms with Gasteiger partial charge in [0, 0.05) is 24.7 Å². The summed E-state index contributed by atoms with van der Waals surface area (Å²) in [5.41, 5.74) is 1.12. The minimum absolute atomic E-state index is 0.743. The first kappa shape index (κ1) is 13.1. The lowest BCUT2D eigenvalue weighted by Gasteiger charge is -2.11. The zero-order valence-electron chi connectivity index (χ0n) is 11.2. The molecule has 0 fully saturated rings. The number of fused-ring (bicyclic) bond motifs is 1. The molecule has 18 heavy (non-hydrogen) atoms. The van der Waals surface area contributed by atoms with Gasteiger partial charge < -0.3 is 14.8 Å². The van der Waals surface area contributed by atoms with Crippen molar-refractivity contribution in [2.45, 2.75) is 39.0 Å². The van der Waals surface area contributed by atoms with Gasteiger partial charge in [-0.1, -0.05) is 26.2 Å². The van der Waals surface area contributed by atoms with Crippen molar-refractivity contribution >= 4 is 5.69 Å². The Morgan fingerprint density at radius 3 is 2.72 bits per heavy atom. The largest absolute Gasteiger partial charge is 0.490 e. The van der Waals surface area contributed by atoms with Gasteiger partial charge in [0.15, 0.2) is 11.5 Å². The molecule has 1 aliphatic heterocycles. The molecule has 0 unspecified atom stereocenters. The average Bonchev–Trinajstić information content (AvgIpc) is 2.63. The third-order valence-corrected chi connectivity index (χ3v) is 3.11. The topological polar surface area (TPSA) is 30.5 Å². The number of hydrogen-bond donors (Lipinski definition) is 1. The summed E-state index contributed by atoms with van der Waals surface area (Å²) in [4.78, 5) is 0. The molecule has 0 aliphatic carbocycles. The second kappa shape index (κ2) is 7.14. The zero-order chi connectivity index (χ0) is 12.6. The summed E-state index contributed by atoms with van der Waals surface area (Å²) in [5.74, 6) is 1.73. The van der Waals surface area contributed by atoms with Gasteiger partial charge in [0.1, 0.15) is 0 Å². The van der Waals surface area contributed by atoms with Crippen LogP contribution >= 0.6 is 0 Å². The molecule has 0 spiro atoms. The van der Waals surface area contributed by atoms with Gasteiger partial charge in [-0.2, -0.15) is 0 Å². The van der Waals surface area contributed by atoms with E-state index in [1.54, 1.807) is 0 Å². The minimum atomic E-state index is 0.743. The first-order valence-corrected chi connectivity index (χ1v) is 7.03. The minimum Gasteiger partial charge on any atom is -0.490 e. The molecule has 0 amide bonds. The number of benzene rings is 1. The maximum Gasteiger partial charge on any atom is 0.163 e. The van der Waals surface area contributed by atoms with E-state index in [2.05, 4.69) is 18.3 Å². The molecule has 1 N–H and O–H groups in total. The van der Waals surface area contributed by atoms with Crippen LogP contribution in [-0.2, 0) is 0 Å². The van der Waals surface area contributed by atoms with Crippen LogP contribution in [0, 0.1) is 0 Å². The normalized spacial score (nSPS) is 14.1. The fraction of sp³-hybridized carbons (Fsp3) is 0.600. The monoisotopic (exact) mass is 249 g/mol. The van der Waals surface area contributed by atoms with E-state index in [-0.39, 0.29) is 0 Å². The molecule has 0 aromatic heterocycles. The lowest BCUT2D eigenvalue weighted by molar-refractivity contribution is 0.297. The van der Waals surface area contributed by atoms with Crippen LogP contribution in [0.2, 0.25) is 0 Å². The summed E-state index contributed by atoms with van der Waals surface area (Å²) in [6.07, 6.45) is 6.08. The summed E-state index contributed by atoms with van der Waals surface area (Å²) in [5, 5.41) is 3.44. The van der Waals surface area contributed by atoms with Crippen molar-refractivity contribution in [3.8, 4) is 11.5 Å². The van der Waals surface area contributed by atoms with Gasteiger partial charge >= 0.3 is 0 Å². The lowest BCUT2D eigenvalue weighted by atomic mass is 10.2. The van der Waals surface area contributed by atoms with Gasteiger partial charge in [-0.25, -0.2) is 0 Å². The van der Waals surface area contributed by atoms with E-state index in [9.17, 15) is 0 Å². The summed E-state index contributed by atoms with van der Waals surface area (Å²) in [6, 6.07) is 6.10. The van der Waals surface area contributed by atoms with Crippen molar-refractivity contribution in [3.05, 3.63) is 18.2 Å². The molecule has 1 heterocycles. The van der Waals surface area contributed by atoms with Gasteiger partial charge in [-0.05, 0) is 18.6 Å². The van der Waals surface area contributed by atoms with E-state index in [0.29, 0.717) is 0 Å². The predicted molar refractivity (Wildman–Crippen MR) is 74.7 cm³/mol. The molecule has 0 saturated carbocycles. The SMILES string of the molecule is CCCCCCNc1ccc2c(c1)OCCCO2. The predicted octanol–water partition coefficient (Wildman–Crippen LogP) is 3.84. The maximum absolute atomic E-state index is 5.67. The molecule has 0 saturated heterocycles. The summed E-state index contributed by atoms with van der Waals surface area (Å²) >= 11 is 0. The first-order chi connectivity index (χ1) is 8.90. The average molecular weight is 249 g/mol. The van der Waals surface area contributed by atoms with E-state index in [1.807, 2.05) is 12.1 Å². The van der Waals surface area contributed by atoms with Crippen LogP contribution in [0.25, 0.3) is 0 Å². The zero-order valence-corrected chi connectivity index (χ0v) is 11.2. The van der Waals surface area contributed by atoms with Crippen molar-refractivity contribution in [1.29, 1.82) is 0 Å². The standard InChI is InChI=1S/C15H23NO2/c1-2-3-4-5-9-16-13-7-8-14-15(12-13)18-11-6-10-17-14/h7-8,12,16H,2-6,9-11H2,1H3. The number of anilines is 1. The molecular formula is C15H23NO2. The maximum atomic E-state index is 5.67. The summed E-state index contributed by atoms with van der Waals surface area (Å²) < 4.78 is 11.3. The summed E-state index contributed by atoms with van der Waals surface area (Å²) in [6.45, 7) is 4.75. The van der Waals surface area contributed by atoms with E-state index in [0.717, 1.165) is 43.4 Å². The summed E-state index contributed by atoms with van der Waals surface area (Å²) in [7, 11) is 0. The molecule has 2 rings (SSSR count). The van der Waals surface area contributed by atoms with E-state index in [1.165, 1.54) is 25.7 Å². The van der Waals surface area contributed by atoms with Crippen LogP contribution in [0.4, 0.5) is 5.69 Å². The second-order valence-electron chi connectivity index (χ2n) is 4.70. The Morgan fingerprint density at radius 2 is 1.89 bits per heavy atom. The van der Waals surface area contributed by atoms with Gasteiger partial charge in [-0.3, -0.25) is 0 Å². The van der Waals surface area contributed by atoms with Gasteiger partial charge in [0.2, 0.25) is 0 Å². The Morgan fingerprint density at radius 1 is 1.06 bits per heavy atom. The van der Waals surface area contributed by atoms with Gasteiger partial charge in [0.05, 0.1) is 13.2 Å². The van der Waals surface area contributed by atoms with Gasteiger partial charge in [-0.15, -0.1) is 0 Å². The third kappa shape index (κ3) is 3.83. The molecule has 0 bridgehead atoms. The smallest absolute Gasteiger partial charge is 0.163 e. The van der Waals surface area contributed by atoms with Gasteiger partial charge in [0.25, 0.3) is 0 Å². The number of nitrogens with one attached hydrogen (secondary N) is 1. The third-order valence-electron chi connectivity index (χ3n) is 3.11. The van der Waals surface area contributed by atoms with Crippen LogP contribution in [-0.4, -0.2) is 19.8 Å². The second-order valence-corrected chi connectivity index (χ2v) is 4.70. The Hall–Kier alpha value is -1.38. The molecule has 0 radical (unpaired) electrons. The Bertz CT molecular complexity index is 366. The quantitative estimate of drug-likeness (QED) is 0.777. The molecule has 1 aromatic rings. The first-order valence-electron chi connectivity index (χ1n) is 7.03. The molecule has 100 valence electrons. The van der Waals surface area contributed by atoms with Crippen LogP contribution in [0.5, 0.6) is 11.5 Å². The highest BCUT2D eigenvalue weighted by Crippen LogP contribution is 2.32. The fourth-order valence-corrected chi connectivity index (χ4v) is 2.06. The lowest BCUT2D eigenvalue weighted by Crippen LogP contribution is -2.02. The van der Waals surface area contributed by atoms with Crippen LogP contribution in [0.3, 0.4) is 0 Å². The number of unbranched alkanes of at least 4 members (excludes halogenated alkanes) is 3. The number of hydrogen-bond acceptors (Lipinski definition) is 3. The number of ether oxygens (including phenoxy) is 2. The van der Waals surface area contributed by atoms with Crippen LogP contribution in [0.15, 0.2) is 18.2 Å². The van der Waals surface area contributed by atoms with Crippen LogP contribution < -0.4 is 14.8 Å². The van der Waals surface area contributed by atoms with E-state index in [4.69, 9.17) is 9.47 Å². The van der Waals surface area contributed by atoms with Crippen molar-refractivity contribution in [3.63, 3.8) is 0 Å². The fourth-order valence-electron chi connectivity index (χ4n) is 2.06. The molecule has 3 nitrogen and oxygen atoms in total. The Labute approximate surface area is 109 Å². The van der Waals surface area contributed by atoms with E-state index >= 15 is 0 Å². The van der Waals surface area contributed by atoms with Crippen molar-refractivity contribution in [2.75, 3.05) is 25.1 Å². The molecule has 0 atom stereocenters. The van der Waals surface area contributed by atoms with Crippen molar-refractivity contribution in [1.82, 2.24) is 0 Å².